The van der Waals surface area contributed by atoms with Crippen molar-refractivity contribution in [1.82, 2.24) is 0 Å². The summed E-state index contributed by atoms with van der Waals surface area (Å²) < 4.78 is 57.0. The summed E-state index contributed by atoms with van der Waals surface area (Å²) in [7, 11) is -9.76. The highest BCUT2D eigenvalue weighted by Gasteiger charge is 2.38. The molecule has 0 aromatic heterocycles. The highest BCUT2D eigenvalue weighted by Crippen LogP contribution is 2.40. The third-order valence-electron chi connectivity index (χ3n) is 7.26. The fourth-order valence-electron chi connectivity index (χ4n) is 5.30. The van der Waals surface area contributed by atoms with E-state index in [0.717, 1.165) is 32.7 Å². The molecule has 0 fully saturated rings. The fraction of sp³-hybridized carbons (Fsp3) is 0.0588. The minimum Gasteiger partial charge on any atom is -0.207 e. The van der Waals surface area contributed by atoms with E-state index in [2.05, 4.69) is 0 Å². The van der Waals surface area contributed by atoms with Gasteiger partial charge in [-0.15, -0.1) is 0 Å². The fourth-order valence-corrected chi connectivity index (χ4v) is 9.41. The van der Waals surface area contributed by atoms with E-state index < -0.39 is 17.7 Å². The van der Waals surface area contributed by atoms with Crippen LogP contribution in [-0.2, 0) is 17.7 Å². The van der Waals surface area contributed by atoms with Gasteiger partial charge in [0.25, 0.3) is 17.7 Å². The topological polar surface area (TPSA) is 68.3 Å². The minimum atomic E-state index is -4.88. The molecule has 0 N–H and O–H groups in total. The van der Waals surface area contributed by atoms with Gasteiger partial charge in [-0.1, -0.05) is 120 Å². The van der Waals surface area contributed by atoms with E-state index in [1.54, 1.807) is 24.3 Å². The van der Waals surface area contributed by atoms with Crippen LogP contribution in [0.15, 0.2) is 131 Å². The monoisotopic (exact) mass is 562 g/mol. The first-order chi connectivity index (χ1) is 19.2. The standard InChI is InChI=1S/C34H26O4S2/c1-23-17-19-33(31(21-23)29-15-7-11-25-9-3-5-13-27(25)29)39(35,36)40(37,38)34-20-18-24(2)22-32(34)30-16-8-12-26-10-4-6-14-28(26)30/h3-22H,1-2H3. The van der Waals surface area contributed by atoms with Gasteiger partial charge in [-0.25, -0.2) is 16.8 Å². The number of rotatable bonds is 5. The molecule has 6 aromatic rings. The lowest BCUT2D eigenvalue weighted by molar-refractivity contribution is 0.583. The van der Waals surface area contributed by atoms with Gasteiger partial charge >= 0.3 is 0 Å². The van der Waals surface area contributed by atoms with Crippen LogP contribution in [0.1, 0.15) is 11.1 Å². The third kappa shape index (κ3) is 4.21. The van der Waals surface area contributed by atoms with E-state index in [4.69, 9.17) is 0 Å². The molecule has 6 aromatic carbocycles. The zero-order valence-corrected chi connectivity index (χ0v) is 23.6. The highest BCUT2D eigenvalue weighted by molar-refractivity contribution is 8.67. The summed E-state index contributed by atoms with van der Waals surface area (Å²) >= 11 is 0. The summed E-state index contributed by atoms with van der Waals surface area (Å²) in [4.78, 5) is -0.474. The number of hydrogen-bond donors (Lipinski definition) is 0. The molecular formula is C34H26O4S2. The minimum absolute atomic E-state index is 0.237. The van der Waals surface area contributed by atoms with Crippen molar-refractivity contribution in [1.29, 1.82) is 0 Å². The van der Waals surface area contributed by atoms with Gasteiger partial charge in [0, 0.05) is 11.1 Å². The molecular weight excluding hydrogens is 537 g/mol. The SMILES string of the molecule is Cc1ccc(S(=O)(=O)S(=O)(=O)c2ccc(C)cc2-c2cccc3ccccc23)c(-c2cccc3ccccc23)c1. The van der Waals surface area contributed by atoms with Crippen molar-refractivity contribution >= 4 is 39.3 Å². The summed E-state index contributed by atoms with van der Waals surface area (Å²) in [6, 6.07) is 36.1. The van der Waals surface area contributed by atoms with Crippen LogP contribution in [0.2, 0.25) is 0 Å². The van der Waals surface area contributed by atoms with Crippen molar-refractivity contribution < 1.29 is 16.8 Å². The average Bonchev–Trinajstić information content (AvgIpc) is 2.96. The molecule has 0 saturated carbocycles. The maximum Gasteiger partial charge on any atom is 0.287 e. The van der Waals surface area contributed by atoms with Crippen molar-refractivity contribution in [3.8, 4) is 22.3 Å². The van der Waals surface area contributed by atoms with Crippen LogP contribution in [-0.4, -0.2) is 16.8 Å². The van der Waals surface area contributed by atoms with E-state index in [-0.39, 0.29) is 9.79 Å². The van der Waals surface area contributed by atoms with E-state index in [1.807, 2.05) is 98.8 Å². The van der Waals surface area contributed by atoms with Crippen molar-refractivity contribution in [3.05, 3.63) is 132 Å². The second-order valence-corrected chi connectivity index (χ2v) is 15.3. The molecule has 0 spiro atoms. The van der Waals surface area contributed by atoms with E-state index in [1.165, 1.54) is 12.1 Å². The van der Waals surface area contributed by atoms with Gasteiger partial charge < -0.3 is 0 Å². The number of benzene rings is 6. The number of fused-ring (bicyclic) bond motifs is 2. The van der Waals surface area contributed by atoms with Gasteiger partial charge in [0.2, 0.25) is 0 Å². The zero-order chi connectivity index (χ0) is 28.1. The molecule has 0 amide bonds. The predicted octanol–water partition coefficient (Wildman–Crippen LogP) is 8.11. The van der Waals surface area contributed by atoms with Crippen molar-refractivity contribution in [3.63, 3.8) is 0 Å². The molecule has 0 radical (unpaired) electrons. The molecule has 0 saturated heterocycles. The Hall–Kier alpha value is -4.26. The summed E-state index contributed by atoms with van der Waals surface area (Å²) in [6.45, 7) is 3.72. The Morgan fingerprint density at radius 3 is 1.20 bits per heavy atom. The Morgan fingerprint density at radius 1 is 0.400 bits per heavy atom. The lowest BCUT2D eigenvalue weighted by Gasteiger charge is -2.17. The van der Waals surface area contributed by atoms with Gasteiger partial charge in [-0.3, -0.25) is 0 Å². The van der Waals surface area contributed by atoms with Crippen LogP contribution in [0.25, 0.3) is 43.8 Å². The lowest BCUT2D eigenvalue weighted by atomic mass is 9.97. The van der Waals surface area contributed by atoms with Crippen LogP contribution < -0.4 is 0 Å². The first-order valence-electron chi connectivity index (χ1n) is 12.9. The zero-order valence-electron chi connectivity index (χ0n) is 22.0. The van der Waals surface area contributed by atoms with Crippen LogP contribution in [0.4, 0.5) is 0 Å². The Morgan fingerprint density at radius 2 is 0.775 bits per heavy atom. The Labute approximate surface area is 233 Å². The molecule has 4 nitrogen and oxygen atoms in total. The Kier molecular flexibility index (Phi) is 6.32. The Bertz CT molecular complexity index is 2000. The molecule has 0 aliphatic heterocycles. The molecule has 0 bridgehead atoms. The number of aryl methyl sites for hydroxylation is 2. The average molecular weight is 563 g/mol. The first kappa shape index (κ1) is 26.0. The van der Waals surface area contributed by atoms with Crippen molar-refractivity contribution in [2.24, 2.45) is 0 Å². The quantitative estimate of drug-likeness (QED) is 0.199. The van der Waals surface area contributed by atoms with Gasteiger partial charge in [-0.2, -0.15) is 0 Å². The highest BCUT2D eigenvalue weighted by atomic mass is 33.2. The third-order valence-corrected chi connectivity index (χ3v) is 12.4. The first-order valence-corrected chi connectivity index (χ1v) is 16.3. The molecule has 40 heavy (non-hydrogen) atoms. The van der Waals surface area contributed by atoms with Gasteiger partial charge in [0.05, 0.1) is 9.79 Å². The maximum atomic E-state index is 14.2. The van der Waals surface area contributed by atoms with Crippen molar-refractivity contribution in [2.75, 3.05) is 0 Å². The molecule has 0 aliphatic carbocycles. The maximum absolute atomic E-state index is 14.2. The summed E-state index contributed by atoms with van der Waals surface area (Å²) in [5, 5.41) is 3.56. The van der Waals surface area contributed by atoms with Gasteiger partial charge in [-0.05, 0) is 58.7 Å². The van der Waals surface area contributed by atoms with Gasteiger partial charge in [0.1, 0.15) is 0 Å². The second-order valence-electron chi connectivity index (χ2n) is 9.96. The van der Waals surface area contributed by atoms with Crippen molar-refractivity contribution in [2.45, 2.75) is 23.6 Å². The van der Waals surface area contributed by atoms with Crippen LogP contribution in [0, 0.1) is 13.8 Å². The second kappa shape index (κ2) is 9.73. The van der Waals surface area contributed by atoms with Crippen LogP contribution >= 0.6 is 0 Å². The molecule has 0 unspecified atom stereocenters. The molecule has 0 aliphatic rings. The normalized spacial score (nSPS) is 12.2. The predicted molar refractivity (Wildman–Crippen MR) is 163 cm³/mol. The molecule has 198 valence electrons. The summed E-state index contributed by atoms with van der Waals surface area (Å²) in [5.74, 6) is 0. The van der Waals surface area contributed by atoms with Gasteiger partial charge in [0.15, 0.2) is 0 Å². The molecule has 6 heteroatoms. The van der Waals surface area contributed by atoms with Crippen LogP contribution in [0.3, 0.4) is 0 Å². The van der Waals surface area contributed by atoms with Crippen LogP contribution in [0.5, 0.6) is 0 Å². The molecule has 0 atom stereocenters. The largest absolute Gasteiger partial charge is 0.287 e. The summed E-state index contributed by atoms with van der Waals surface area (Å²) in [6.07, 6.45) is 0. The molecule has 6 rings (SSSR count). The summed E-state index contributed by atoms with van der Waals surface area (Å²) in [5.41, 5.74) is 3.69. The number of hydrogen-bond acceptors (Lipinski definition) is 4. The lowest BCUT2D eigenvalue weighted by Crippen LogP contribution is -2.18. The molecule has 0 heterocycles. The smallest absolute Gasteiger partial charge is 0.207 e. The van der Waals surface area contributed by atoms with E-state index >= 15 is 0 Å². The Balaban J connectivity index is 1.61. The van der Waals surface area contributed by atoms with E-state index in [9.17, 15) is 16.8 Å². The van der Waals surface area contributed by atoms with E-state index in [0.29, 0.717) is 22.3 Å².